The van der Waals surface area contributed by atoms with Crippen molar-refractivity contribution in [1.82, 2.24) is 4.90 Å². The molecule has 4 aliphatic rings. The molecule has 0 aromatic rings. The number of hydrogen-bond donors (Lipinski definition) is 0. The zero-order chi connectivity index (χ0) is 16.3. The van der Waals surface area contributed by atoms with Crippen molar-refractivity contribution in [2.45, 2.75) is 78.1 Å². The van der Waals surface area contributed by atoms with Crippen LogP contribution in [0.4, 0.5) is 0 Å². The van der Waals surface area contributed by atoms with E-state index >= 15 is 0 Å². The second kappa shape index (κ2) is 7.40. The first-order valence-corrected chi connectivity index (χ1v) is 10.0. The lowest BCUT2D eigenvalue weighted by molar-refractivity contribution is -0.132. The van der Waals surface area contributed by atoms with Crippen molar-refractivity contribution < 1.29 is 4.79 Å². The Kier molecular flexibility index (Phi) is 5.49. The van der Waals surface area contributed by atoms with Gasteiger partial charge < -0.3 is 4.90 Å². The number of nitrogens with zero attached hydrogens (tertiary/aromatic N) is 1. The van der Waals surface area contributed by atoms with Gasteiger partial charge in [0.15, 0.2) is 0 Å². The minimum absolute atomic E-state index is 0.370. The molecule has 0 atom stereocenters. The summed E-state index contributed by atoms with van der Waals surface area (Å²) in [4.78, 5) is 14.7. The predicted octanol–water partition coefficient (Wildman–Crippen LogP) is 5.19. The molecule has 4 bridgehead atoms. The monoisotopic (exact) mass is 317 g/mol. The summed E-state index contributed by atoms with van der Waals surface area (Å²) in [5.41, 5.74) is 0.591. The fourth-order valence-corrected chi connectivity index (χ4v) is 6.00. The predicted molar refractivity (Wildman–Crippen MR) is 96.1 cm³/mol. The van der Waals surface area contributed by atoms with E-state index in [2.05, 4.69) is 24.0 Å². The maximum absolute atomic E-state index is 12.5. The van der Waals surface area contributed by atoms with E-state index < -0.39 is 0 Å². The summed E-state index contributed by atoms with van der Waals surface area (Å²) in [5.74, 6) is 3.41. The molecule has 0 radical (unpaired) electrons. The molecule has 4 fully saturated rings. The van der Waals surface area contributed by atoms with Gasteiger partial charge in [0.1, 0.15) is 0 Å². The van der Waals surface area contributed by atoms with Crippen LogP contribution in [0, 0.1) is 23.2 Å². The number of carbonyl (C=O) groups excluding carboxylic acids is 1. The van der Waals surface area contributed by atoms with Crippen LogP contribution in [-0.2, 0) is 4.79 Å². The third kappa shape index (κ3) is 4.00. The molecule has 4 aliphatic carbocycles. The molecule has 130 valence electrons. The molecule has 0 heterocycles. The van der Waals surface area contributed by atoms with Crippen molar-refractivity contribution in [2.75, 3.05) is 13.1 Å². The summed E-state index contributed by atoms with van der Waals surface area (Å²) in [6.07, 6.45) is 17.2. The largest absolute Gasteiger partial charge is 0.339 e. The number of hydrogen-bond acceptors (Lipinski definition) is 1. The summed E-state index contributed by atoms with van der Waals surface area (Å²) in [5, 5.41) is 0. The quantitative estimate of drug-likeness (QED) is 0.564. The van der Waals surface area contributed by atoms with Gasteiger partial charge in [0, 0.05) is 19.5 Å². The summed E-state index contributed by atoms with van der Waals surface area (Å²) < 4.78 is 0. The summed E-state index contributed by atoms with van der Waals surface area (Å²) in [6, 6.07) is 0. The Morgan fingerprint density at radius 1 is 1.13 bits per heavy atom. The molecule has 0 aromatic carbocycles. The minimum Gasteiger partial charge on any atom is -0.339 e. The molecular formula is C21H35NO. The van der Waals surface area contributed by atoms with Gasteiger partial charge in [-0.3, -0.25) is 4.79 Å². The van der Waals surface area contributed by atoms with E-state index in [1.54, 1.807) is 0 Å². The second-order valence-electron chi connectivity index (χ2n) is 8.68. The average molecular weight is 318 g/mol. The van der Waals surface area contributed by atoms with Crippen molar-refractivity contribution in [1.29, 1.82) is 0 Å². The number of amides is 1. The van der Waals surface area contributed by atoms with Gasteiger partial charge in [-0.2, -0.15) is 0 Å². The molecule has 0 spiro atoms. The number of unbranched alkanes of at least 4 members (excludes halogenated alkanes) is 1. The zero-order valence-electron chi connectivity index (χ0n) is 15.2. The Morgan fingerprint density at radius 2 is 1.74 bits per heavy atom. The van der Waals surface area contributed by atoms with E-state index in [1.165, 1.54) is 44.9 Å². The maximum Gasteiger partial charge on any atom is 0.222 e. The highest BCUT2D eigenvalue weighted by Gasteiger charge is 2.50. The lowest BCUT2D eigenvalue weighted by Gasteiger charge is -2.57. The standard InChI is InChI=1S/C21H35NO/c1-3-5-7-20(23)22(9-6-4-2)10-8-21-14-17-11-18(15-21)13-19(12-17)16-21/h4,6,17-19H,3,5,7-16H2,1-2H3. The average Bonchev–Trinajstić information content (AvgIpc) is 2.51. The number of allylic oxidation sites excluding steroid dienone is 1. The van der Waals surface area contributed by atoms with Crippen molar-refractivity contribution in [3.05, 3.63) is 12.2 Å². The topological polar surface area (TPSA) is 20.3 Å². The third-order valence-corrected chi connectivity index (χ3v) is 6.74. The van der Waals surface area contributed by atoms with Gasteiger partial charge in [-0.1, -0.05) is 25.5 Å². The van der Waals surface area contributed by atoms with Gasteiger partial charge in [-0.15, -0.1) is 0 Å². The van der Waals surface area contributed by atoms with Gasteiger partial charge >= 0.3 is 0 Å². The fraction of sp³-hybridized carbons (Fsp3) is 0.857. The Labute approximate surface area is 142 Å². The van der Waals surface area contributed by atoms with Crippen LogP contribution in [0.2, 0.25) is 0 Å². The maximum atomic E-state index is 12.5. The van der Waals surface area contributed by atoms with E-state index in [1.807, 2.05) is 6.92 Å². The molecule has 4 rings (SSSR count). The van der Waals surface area contributed by atoms with Gasteiger partial charge in [-0.05, 0) is 81.5 Å². The minimum atomic E-state index is 0.370. The highest BCUT2D eigenvalue weighted by Crippen LogP contribution is 2.61. The van der Waals surface area contributed by atoms with E-state index in [9.17, 15) is 4.79 Å². The van der Waals surface area contributed by atoms with E-state index in [0.29, 0.717) is 11.3 Å². The summed E-state index contributed by atoms with van der Waals surface area (Å²) >= 11 is 0. The molecular weight excluding hydrogens is 282 g/mol. The highest BCUT2D eigenvalue weighted by molar-refractivity contribution is 5.76. The molecule has 2 heteroatoms. The number of rotatable bonds is 8. The zero-order valence-corrected chi connectivity index (χ0v) is 15.2. The van der Waals surface area contributed by atoms with Crippen LogP contribution in [0.25, 0.3) is 0 Å². The Balaban J connectivity index is 1.58. The fourth-order valence-electron chi connectivity index (χ4n) is 6.00. The Hall–Kier alpha value is -0.790. The Morgan fingerprint density at radius 3 is 2.26 bits per heavy atom. The van der Waals surface area contributed by atoms with Crippen LogP contribution in [0.3, 0.4) is 0 Å². The van der Waals surface area contributed by atoms with E-state index in [-0.39, 0.29) is 0 Å². The molecule has 0 unspecified atom stereocenters. The normalized spacial score (nSPS) is 35.1. The highest BCUT2D eigenvalue weighted by atomic mass is 16.2. The molecule has 0 aromatic heterocycles. The van der Waals surface area contributed by atoms with Crippen LogP contribution >= 0.6 is 0 Å². The van der Waals surface area contributed by atoms with Crippen LogP contribution in [0.5, 0.6) is 0 Å². The smallest absolute Gasteiger partial charge is 0.222 e. The molecule has 0 aliphatic heterocycles. The molecule has 4 saturated carbocycles. The van der Waals surface area contributed by atoms with Gasteiger partial charge in [0.25, 0.3) is 0 Å². The van der Waals surface area contributed by atoms with Crippen molar-refractivity contribution in [2.24, 2.45) is 23.2 Å². The van der Waals surface area contributed by atoms with Crippen molar-refractivity contribution >= 4 is 5.91 Å². The van der Waals surface area contributed by atoms with Crippen molar-refractivity contribution in [3.63, 3.8) is 0 Å². The Bertz CT molecular complexity index is 404. The van der Waals surface area contributed by atoms with Gasteiger partial charge in [0.05, 0.1) is 0 Å². The van der Waals surface area contributed by atoms with Crippen LogP contribution in [0.15, 0.2) is 12.2 Å². The van der Waals surface area contributed by atoms with Crippen LogP contribution < -0.4 is 0 Å². The first-order valence-electron chi connectivity index (χ1n) is 10.0. The van der Waals surface area contributed by atoms with Crippen LogP contribution in [0.1, 0.15) is 78.1 Å². The van der Waals surface area contributed by atoms with E-state index in [4.69, 9.17) is 0 Å². The van der Waals surface area contributed by atoms with Gasteiger partial charge in [-0.25, -0.2) is 0 Å². The van der Waals surface area contributed by atoms with Crippen LogP contribution in [-0.4, -0.2) is 23.9 Å². The van der Waals surface area contributed by atoms with Gasteiger partial charge in [0.2, 0.25) is 5.91 Å². The first kappa shape index (κ1) is 17.0. The second-order valence-corrected chi connectivity index (χ2v) is 8.68. The first-order chi connectivity index (χ1) is 11.1. The lowest BCUT2D eigenvalue weighted by Crippen LogP contribution is -2.47. The third-order valence-electron chi connectivity index (χ3n) is 6.74. The molecule has 23 heavy (non-hydrogen) atoms. The molecule has 0 saturated heterocycles. The molecule has 0 N–H and O–H groups in total. The lowest BCUT2D eigenvalue weighted by atomic mass is 9.49. The summed E-state index contributed by atoms with van der Waals surface area (Å²) in [6.45, 7) is 6.01. The summed E-state index contributed by atoms with van der Waals surface area (Å²) in [7, 11) is 0. The number of carbonyl (C=O) groups is 1. The SMILES string of the molecule is CC=CCN(CCC12CC3CC(CC(C3)C1)C2)C(=O)CCCC. The molecule has 1 amide bonds. The van der Waals surface area contributed by atoms with Crippen molar-refractivity contribution in [3.8, 4) is 0 Å². The van der Waals surface area contributed by atoms with E-state index in [0.717, 1.165) is 50.1 Å². The molecule has 2 nitrogen and oxygen atoms in total.